The second kappa shape index (κ2) is 6.23. The zero-order valence-electron chi connectivity index (χ0n) is 13.7. The van der Waals surface area contributed by atoms with E-state index in [-0.39, 0.29) is 0 Å². The Bertz CT molecular complexity index is 485. The fourth-order valence-electron chi connectivity index (χ4n) is 3.76. The first kappa shape index (κ1) is 15.3. The van der Waals surface area contributed by atoms with E-state index in [2.05, 4.69) is 43.1 Å². The van der Waals surface area contributed by atoms with Crippen molar-refractivity contribution in [1.29, 1.82) is 0 Å². The van der Waals surface area contributed by atoms with Gasteiger partial charge in [-0.2, -0.15) is 0 Å². The molecule has 4 nitrogen and oxygen atoms in total. The van der Waals surface area contributed by atoms with Crippen LogP contribution < -0.4 is 10.2 Å². The molecule has 2 heterocycles. The van der Waals surface area contributed by atoms with Crippen LogP contribution in [0.5, 0.6) is 0 Å². The minimum absolute atomic E-state index is 0.480. The summed E-state index contributed by atoms with van der Waals surface area (Å²) in [6, 6.07) is 1.13. The van der Waals surface area contributed by atoms with Crippen molar-refractivity contribution in [2.75, 3.05) is 38.6 Å². The molecule has 5 heteroatoms. The highest BCUT2D eigenvalue weighted by molar-refractivity contribution is 7.15. The van der Waals surface area contributed by atoms with Crippen LogP contribution in [0.1, 0.15) is 43.3 Å². The lowest BCUT2D eigenvalue weighted by atomic mass is 9.98. The first-order chi connectivity index (χ1) is 10.1. The summed E-state index contributed by atoms with van der Waals surface area (Å²) in [5.41, 5.74) is 1.34. The number of anilines is 1. The molecule has 1 saturated heterocycles. The Kier molecular flexibility index (Phi) is 4.52. The van der Waals surface area contributed by atoms with E-state index in [1.807, 2.05) is 11.3 Å². The molecule has 0 amide bonds. The molecule has 0 spiro atoms. The molecule has 1 aliphatic heterocycles. The molecule has 21 heavy (non-hydrogen) atoms. The molecule has 0 bridgehead atoms. The molecule has 1 fully saturated rings. The van der Waals surface area contributed by atoms with Crippen LogP contribution in [-0.2, 0) is 6.42 Å². The number of aryl methyl sites for hydroxylation is 1. The van der Waals surface area contributed by atoms with Crippen molar-refractivity contribution in [3.63, 3.8) is 0 Å². The largest absolute Gasteiger partial charge is 0.346 e. The third kappa shape index (κ3) is 2.96. The number of nitrogens with zero attached hydrogens (tertiary/aromatic N) is 3. The third-order valence-corrected chi connectivity index (χ3v) is 6.09. The molecule has 118 valence electrons. The predicted octanol–water partition coefficient (Wildman–Crippen LogP) is 2.52. The molecule has 2 aliphatic rings. The first-order valence-electron chi connectivity index (χ1n) is 8.24. The Labute approximate surface area is 132 Å². The van der Waals surface area contributed by atoms with Crippen LogP contribution in [0.2, 0.25) is 0 Å². The molecule has 3 atom stereocenters. The molecule has 0 aromatic carbocycles. The molecule has 1 aromatic rings. The van der Waals surface area contributed by atoms with Crippen LogP contribution in [-0.4, -0.2) is 49.7 Å². The lowest BCUT2D eigenvalue weighted by molar-refractivity contribution is 0.266. The zero-order chi connectivity index (χ0) is 15.0. The molecular weight excluding hydrogens is 280 g/mol. The van der Waals surface area contributed by atoms with Gasteiger partial charge in [0.1, 0.15) is 0 Å². The average Bonchev–Trinajstić information content (AvgIpc) is 3.03. The fraction of sp³-hybridized carbons (Fsp3) is 0.812. The van der Waals surface area contributed by atoms with Crippen molar-refractivity contribution >= 4 is 16.5 Å². The summed E-state index contributed by atoms with van der Waals surface area (Å²) in [5.74, 6) is 0.713. The number of hydrogen-bond donors (Lipinski definition) is 1. The SMILES string of the molecule is CCNC1CCCc2sc(N3CC(C)C(N(C)C)C3)nc21. The van der Waals surface area contributed by atoms with Gasteiger partial charge in [0.05, 0.1) is 11.7 Å². The molecule has 0 radical (unpaired) electrons. The topological polar surface area (TPSA) is 31.4 Å². The summed E-state index contributed by atoms with van der Waals surface area (Å²) in [4.78, 5) is 11.4. The van der Waals surface area contributed by atoms with Crippen molar-refractivity contribution in [2.24, 2.45) is 5.92 Å². The lowest BCUT2D eigenvalue weighted by Crippen LogP contribution is -2.34. The van der Waals surface area contributed by atoms with E-state index in [0.29, 0.717) is 18.0 Å². The van der Waals surface area contributed by atoms with E-state index in [1.54, 1.807) is 0 Å². The number of aromatic nitrogens is 1. The number of nitrogens with one attached hydrogen (secondary N) is 1. The molecule has 1 aromatic heterocycles. The quantitative estimate of drug-likeness (QED) is 0.926. The number of hydrogen-bond acceptors (Lipinski definition) is 5. The molecule has 3 rings (SSSR count). The normalized spacial score (nSPS) is 29.2. The maximum Gasteiger partial charge on any atom is 0.185 e. The number of rotatable bonds is 4. The van der Waals surface area contributed by atoms with Gasteiger partial charge < -0.3 is 15.1 Å². The number of thiazole rings is 1. The van der Waals surface area contributed by atoms with Gasteiger partial charge in [-0.25, -0.2) is 4.98 Å². The van der Waals surface area contributed by atoms with Gasteiger partial charge in [0.25, 0.3) is 0 Å². The van der Waals surface area contributed by atoms with Gasteiger partial charge in [-0.1, -0.05) is 13.8 Å². The molecule has 1 N–H and O–H groups in total. The van der Waals surface area contributed by atoms with Crippen LogP contribution in [0, 0.1) is 5.92 Å². The van der Waals surface area contributed by atoms with Gasteiger partial charge in [-0.3, -0.25) is 0 Å². The van der Waals surface area contributed by atoms with Gasteiger partial charge in [0, 0.05) is 24.0 Å². The van der Waals surface area contributed by atoms with Gasteiger partial charge in [0.2, 0.25) is 0 Å². The summed E-state index contributed by atoms with van der Waals surface area (Å²) >= 11 is 1.93. The van der Waals surface area contributed by atoms with E-state index in [1.165, 1.54) is 35.0 Å². The second-order valence-electron chi connectivity index (χ2n) is 6.72. The Morgan fingerprint density at radius 1 is 1.38 bits per heavy atom. The Morgan fingerprint density at radius 2 is 2.19 bits per heavy atom. The van der Waals surface area contributed by atoms with Crippen molar-refractivity contribution in [1.82, 2.24) is 15.2 Å². The summed E-state index contributed by atoms with van der Waals surface area (Å²) in [6.07, 6.45) is 3.75. The van der Waals surface area contributed by atoms with E-state index in [9.17, 15) is 0 Å². The minimum Gasteiger partial charge on any atom is -0.346 e. The van der Waals surface area contributed by atoms with Crippen LogP contribution in [0.25, 0.3) is 0 Å². The van der Waals surface area contributed by atoms with Gasteiger partial charge >= 0.3 is 0 Å². The standard InChI is InChI=1S/C16H28N4S/c1-5-17-12-7-6-8-14-15(12)18-16(21-14)20-9-11(2)13(10-20)19(3)4/h11-13,17H,5-10H2,1-4H3. The molecular formula is C16H28N4S. The van der Waals surface area contributed by atoms with Crippen LogP contribution in [0.4, 0.5) is 5.13 Å². The van der Waals surface area contributed by atoms with Crippen LogP contribution in [0.3, 0.4) is 0 Å². The van der Waals surface area contributed by atoms with E-state index < -0.39 is 0 Å². The van der Waals surface area contributed by atoms with E-state index in [4.69, 9.17) is 4.98 Å². The summed E-state index contributed by atoms with van der Waals surface area (Å²) in [6.45, 7) is 7.83. The smallest absolute Gasteiger partial charge is 0.185 e. The highest BCUT2D eigenvalue weighted by Gasteiger charge is 2.34. The van der Waals surface area contributed by atoms with Crippen molar-refractivity contribution in [3.05, 3.63) is 10.6 Å². The van der Waals surface area contributed by atoms with Crippen molar-refractivity contribution in [2.45, 2.75) is 45.2 Å². The average molecular weight is 308 g/mol. The number of fused-ring (bicyclic) bond motifs is 1. The second-order valence-corrected chi connectivity index (χ2v) is 7.78. The van der Waals surface area contributed by atoms with E-state index >= 15 is 0 Å². The van der Waals surface area contributed by atoms with Crippen LogP contribution in [0.15, 0.2) is 0 Å². The highest BCUT2D eigenvalue weighted by Crippen LogP contribution is 2.38. The number of likely N-dealkylation sites (N-methyl/N-ethyl adjacent to an activating group) is 1. The van der Waals surface area contributed by atoms with E-state index in [0.717, 1.165) is 19.6 Å². The summed E-state index contributed by atoms with van der Waals surface area (Å²) in [5, 5.41) is 4.85. The summed E-state index contributed by atoms with van der Waals surface area (Å²) < 4.78 is 0. The Morgan fingerprint density at radius 3 is 2.86 bits per heavy atom. The fourth-order valence-corrected chi connectivity index (χ4v) is 4.95. The minimum atomic E-state index is 0.480. The van der Waals surface area contributed by atoms with Gasteiger partial charge in [0.15, 0.2) is 5.13 Å². The molecule has 1 aliphatic carbocycles. The summed E-state index contributed by atoms with van der Waals surface area (Å²) in [7, 11) is 4.39. The maximum atomic E-state index is 5.02. The monoisotopic (exact) mass is 308 g/mol. The Balaban J connectivity index is 1.79. The first-order valence-corrected chi connectivity index (χ1v) is 9.06. The van der Waals surface area contributed by atoms with Gasteiger partial charge in [-0.05, 0) is 45.8 Å². The van der Waals surface area contributed by atoms with Crippen LogP contribution >= 0.6 is 11.3 Å². The molecule has 0 saturated carbocycles. The maximum absolute atomic E-state index is 5.02. The predicted molar refractivity (Wildman–Crippen MR) is 90.3 cm³/mol. The van der Waals surface area contributed by atoms with Crippen molar-refractivity contribution in [3.8, 4) is 0 Å². The zero-order valence-corrected chi connectivity index (χ0v) is 14.5. The lowest BCUT2D eigenvalue weighted by Gasteiger charge is -2.22. The van der Waals surface area contributed by atoms with Crippen molar-refractivity contribution < 1.29 is 0 Å². The molecule has 3 unspecified atom stereocenters. The third-order valence-electron chi connectivity index (χ3n) is 4.90. The highest BCUT2D eigenvalue weighted by atomic mass is 32.1. The Hall–Kier alpha value is -0.650. The van der Waals surface area contributed by atoms with Gasteiger partial charge in [-0.15, -0.1) is 11.3 Å².